The number of halogens is 3. The number of hydrogen-bond acceptors (Lipinski definition) is 3. The number of carbonyl (C=O) groups is 1. The quantitative estimate of drug-likeness (QED) is 0.0788. The van der Waals surface area contributed by atoms with Crippen LogP contribution in [0.1, 0.15) is 59.9 Å². The number of pyridine rings is 1. The topological polar surface area (TPSA) is 50.2 Å². The van der Waals surface area contributed by atoms with E-state index in [2.05, 4.69) is 35.3 Å². The van der Waals surface area contributed by atoms with Crippen molar-refractivity contribution in [2.24, 2.45) is 10.8 Å². The Morgan fingerprint density at radius 3 is 1.98 bits per heavy atom. The number of hydrogen-bond donors (Lipinski definition) is 1. The first kappa shape index (κ1) is 36.8. The predicted molar refractivity (Wildman–Crippen MR) is 187 cm³/mol. The van der Waals surface area contributed by atoms with Crippen LogP contribution in [0.25, 0.3) is 54.3 Å². The summed E-state index contributed by atoms with van der Waals surface area (Å²) in [6, 6.07) is 29.0. The van der Waals surface area contributed by atoms with Crippen molar-refractivity contribution in [2.75, 3.05) is 0 Å². The zero-order valence-electron chi connectivity index (χ0n) is 27.9. The van der Waals surface area contributed by atoms with Gasteiger partial charge in [0.15, 0.2) is 5.78 Å². The number of benzene rings is 5. The Morgan fingerprint density at radius 2 is 1.31 bits per heavy atom. The molecule has 6 rings (SSSR count). The Labute approximate surface area is 293 Å². The van der Waals surface area contributed by atoms with Gasteiger partial charge in [0, 0.05) is 48.9 Å². The minimum atomic E-state index is -4.47. The summed E-state index contributed by atoms with van der Waals surface area (Å²) in [7, 11) is 0. The Bertz CT molecular complexity index is 2150. The smallest absolute Gasteiger partial charge is 0.403 e. The molecule has 1 radical (unpaired) electrons. The van der Waals surface area contributed by atoms with Crippen molar-refractivity contribution >= 4 is 48.9 Å². The number of aromatic nitrogens is 1. The number of aliphatic hydroxyl groups excluding tert-OH is 1. The second-order valence-corrected chi connectivity index (χ2v) is 13.2. The Hall–Kier alpha value is -4.06. The van der Waals surface area contributed by atoms with Crippen molar-refractivity contribution in [3.05, 3.63) is 115 Å². The molecule has 0 aliphatic rings. The fourth-order valence-corrected chi connectivity index (χ4v) is 5.43. The molecule has 5 aromatic carbocycles. The van der Waals surface area contributed by atoms with E-state index in [0.29, 0.717) is 16.6 Å². The van der Waals surface area contributed by atoms with Gasteiger partial charge in [0.05, 0.1) is 0 Å². The second-order valence-electron chi connectivity index (χ2n) is 13.2. The summed E-state index contributed by atoms with van der Waals surface area (Å²) < 4.78 is 41.5. The molecule has 251 valence electrons. The minimum absolute atomic E-state index is 0. The first-order valence-electron chi connectivity index (χ1n) is 15.9. The Kier molecular flexibility index (Phi) is 10.9. The number of carbonyl (C=O) groups excluding carboxylic acids is 1. The number of fused-ring (bicyclic) bond motifs is 6. The van der Waals surface area contributed by atoms with Crippen molar-refractivity contribution in [2.45, 2.75) is 60.6 Å². The zero-order chi connectivity index (χ0) is 34.1. The van der Waals surface area contributed by atoms with E-state index in [0.717, 1.165) is 51.2 Å². The Balaban J connectivity index is 0.000000279. The summed E-state index contributed by atoms with van der Waals surface area (Å²) in [5.74, 6) is 0.195. The molecule has 3 nitrogen and oxygen atoms in total. The average Bonchev–Trinajstić information content (AvgIpc) is 3.06. The number of nitrogens with zero attached hydrogens (tertiary/aromatic N) is 1. The van der Waals surface area contributed by atoms with Crippen LogP contribution < -0.4 is 0 Å². The molecule has 0 spiro atoms. The molecular weight excluding hydrogens is 788 g/mol. The Morgan fingerprint density at radius 1 is 0.750 bits per heavy atom. The third-order valence-corrected chi connectivity index (χ3v) is 9.40. The summed E-state index contributed by atoms with van der Waals surface area (Å²) in [6.45, 7) is 11.7. The molecule has 6 aromatic rings. The number of rotatable bonds is 6. The number of ketones is 1. The third kappa shape index (κ3) is 7.33. The molecule has 0 aliphatic heterocycles. The molecule has 0 saturated carbocycles. The first-order valence-corrected chi connectivity index (χ1v) is 15.9. The third-order valence-electron chi connectivity index (χ3n) is 9.40. The maximum absolute atomic E-state index is 13.8. The van der Waals surface area contributed by atoms with Crippen LogP contribution in [0.4, 0.5) is 13.2 Å². The summed E-state index contributed by atoms with van der Waals surface area (Å²) in [5, 5.41) is 16.6. The van der Waals surface area contributed by atoms with Gasteiger partial charge in [-0.3, -0.25) is 9.78 Å². The van der Waals surface area contributed by atoms with E-state index in [9.17, 15) is 23.1 Å². The monoisotopic (exact) mass is 827 g/mol. The van der Waals surface area contributed by atoms with Gasteiger partial charge in [-0.2, -0.15) is 13.2 Å². The van der Waals surface area contributed by atoms with E-state index in [-0.39, 0.29) is 47.9 Å². The molecular formula is C41H39F3IrNO2-. The van der Waals surface area contributed by atoms with Gasteiger partial charge in [0.25, 0.3) is 0 Å². The SMILES string of the molecule is CCC(C)(C)C(=O)/C=C(\O)C(C)(C)CC.FC(F)(F)c1cc(-c2nccc3c2ccc2c4ccccc4ccc32)[c-]c2ccccc12.[Ir]. The van der Waals surface area contributed by atoms with Crippen LogP contribution in [0, 0.1) is 16.9 Å². The molecule has 0 fully saturated rings. The molecule has 0 saturated heterocycles. The van der Waals surface area contributed by atoms with Crippen molar-refractivity contribution in [3.8, 4) is 11.3 Å². The molecule has 7 heteroatoms. The fourth-order valence-electron chi connectivity index (χ4n) is 5.43. The minimum Gasteiger partial charge on any atom is -0.512 e. The summed E-state index contributed by atoms with van der Waals surface area (Å²) in [5.41, 5.74) is -0.528. The first-order chi connectivity index (χ1) is 22.2. The van der Waals surface area contributed by atoms with Gasteiger partial charge >= 0.3 is 6.18 Å². The maximum Gasteiger partial charge on any atom is 0.403 e. The van der Waals surface area contributed by atoms with Crippen molar-refractivity contribution in [1.29, 1.82) is 0 Å². The molecule has 0 aliphatic carbocycles. The van der Waals surface area contributed by atoms with Gasteiger partial charge < -0.3 is 5.11 Å². The summed E-state index contributed by atoms with van der Waals surface area (Å²) in [6.07, 6.45) is 0.173. The normalized spacial score (nSPS) is 12.6. The molecule has 0 unspecified atom stereocenters. The molecule has 48 heavy (non-hydrogen) atoms. The maximum atomic E-state index is 13.8. The van der Waals surface area contributed by atoms with E-state index in [1.54, 1.807) is 24.4 Å². The van der Waals surface area contributed by atoms with Gasteiger partial charge in [0.2, 0.25) is 0 Å². The molecule has 1 heterocycles. The van der Waals surface area contributed by atoms with Crippen LogP contribution in [-0.2, 0) is 31.1 Å². The van der Waals surface area contributed by atoms with Crippen LogP contribution in [-0.4, -0.2) is 15.9 Å². The average molecular weight is 827 g/mol. The van der Waals surface area contributed by atoms with E-state index >= 15 is 0 Å². The zero-order valence-corrected chi connectivity index (χ0v) is 30.3. The van der Waals surface area contributed by atoms with Gasteiger partial charge in [-0.1, -0.05) is 119 Å². The van der Waals surface area contributed by atoms with Crippen molar-refractivity contribution in [3.63, 3.8) is 0 Å². The van der Waals surface area contributed by atoms with Gasteiger partial charge in [-0.15, -0.1) is 23.6 Å². The second kappa shape index (κ2) is 14.2. The van der Waals surface area contributed by atoms with Crippen LogP contribution in [0.2, 0.25) is 0 Å². The predicted octanol–water partition coefficient (Wildman–Crippen LogP) is 12.0. The van der Waals surface area contributed by atoms with E-state index < -0.39 is 11.7 Å². The summed E-state index contributed by atoms with van der Waals surface area (Å²) >= 11 is 0. The molecule has 1 N–H and O–H groups in total. The van der Waals surface area contributed by atoms with Crippen LogP contribution >= 0.6 is 0 Å². The van der Waals surface area contributed by atoms with Crippen molar-refractivity contribution in [1.82, 2.24) is 4.98 Å². The summed E-state index contributed by atoms with van der Waals surface area (Å²) in [4.78, 5) is 16.3. The van der Waals surface area contributed by atoms with Crippen molar-refractivity contribution < 1.29 is 43.2 Å². The van der Waals surface area contributed by atoms with Gasteiger partial charge in [-0.05, 0) is 56.8 Å². The molecule has 0 amide bonds. The standard InChI is InChI=1S/C28H15F3N.C13H24O2.Ir/c29-28(30,31)26-16-19(15-18-6-2-4-8-21(18)26)27-25-12-11-22-20-7-3-1-5-17(20)9-10-23(22)24(25)13-14-32-27;1-7-12(3,4)10(14)9-11(15)13(5,6)8-2;/h1-14,16H;9,14H,7-8H2,1-6H3;/q-1;;/b;10-9-;. The van der Waals surface area contributed by atoms with Crippen LogP contribution in [0.3, 0.4) is 0 Å². The number of allylic oxidation sites excluding steroid dienone is 2. The molecule has 0 bridgehead atoms. The van der Waals surface area contributed by atoms with Gasteiger partial charge in [0.1, 0.15) is 5.76 Å². The largest absolute Gasteiger partial charge is 0.512 e. The van der Waals surface area contributed by atoms with E-state index in [1.807, 2.05) is 71.9 Å². The number of alkyl halides is 3. The van der Waals surface area contributed by atoms with Crippen LogP contribution in [0.15, 0.2) is 103 Å². The molecule has 1 aromatic heterocycles. The van der Waals surface area contributed by atoms with E-state index in [1.165, 1.54) is 12.1 Å². The fraction of sp³-hybridized carbons (Fsp3) is 0.268. The molecule has 0 atom stereocenters. The number of aliphatic hydroxyl groups is 1. The van der Waals surface area contributed by atoms with E-state index in [4.69, 9.17) is 0 Å². The van der Waals surface area contributed by atoms with Gasteiger partial charge in [-0.25, -0.2) is 0 Å². The van der Waals surface area contributed by atoms with Crippen LogP contribution in [0.5, 0.6) is 0 Å².